The lowest BCUT2D eigenvalue weighted by Crippen LogP contribution is -2.45. The van der Waals surface area contributed by atoms with Gasteiger partial charge in [-0.15, -0.1) is 0 Å². The number of nitrogens with zero attached hydrogens (tertiary/aromatic N) is 2. The van der Waals surface area contributed by atoms with Crippen molar-refractivity contribution in [2.75, 3.05) is 26.9 Å². The predicted molar refractivity (Wildman–Crippen MR) is 76.7 cm³/mol. The largest absolute Gasteiger partial charge is 0.396 e. The Morgan fingerprint density at radius 1 is 1.55 bits per heavy atom. The van der Waals surface area contributed by atoms with Gasteiger partial charge >= 0.3 is 0 Å². The van der Waals surface area contributed by atoms with Crippen molar-refractivity contribution in [2.45, 2.75) is 38.3 Å². The zero-order chi connectivity index (χ0) is 14.4. The lowest BCUT2D eigenvalue weighted by Gasteiger charge is -2.37. The topological polar surface area (TPSA) is 54.7 Å². The average Bonchev–Trinajstić information content (AvgIpc) is 2.86. The van der Waals surface area contributed by atoms with Crippen molar-refractivity contribution >= 4 is 5.91 Å². The Kier molecular flexibility index (Phi) is 5.61. The number of aromatic nitrogens is 1. The molecular weight excluding hydrogens is 256 g/mol. The van der Waals surface area contributed by atoms with Crippen LogP contribution in [0.4, 0.5) is 0 Å². The summed E-state index contributed by atoms with van der Waals surface area (Å²) in [6, 6.07) is 4.11. The molecule has 1 heterocycles. The van der Waals surface area contributed by atoms with E-state index in [1.807, 2.05) is 27.8 Å². The molecule has 2 rings (SSSR count). The van der Waals surface area contributed by atoms with Crippen LogP contribution in [0.25, 0.3) is 0 Å². The van der Waals surface area contributed by atoms with Crippen LogP contribution in [0.3, 0.4) is 0 Å². The van der Waals surface area contributed by atoms with Gasteiger partial charge in [-0.25, -0.2) is 0 Å². The van der Waals surface area contributed by atoms with Crippen LogP contribution in [0, 0.1) is 0 Å². The van der Waals surface area contributed by atoms with E-state index < -0.39 is 0 Å². The quantitative estimate of drug-likeness (QED) is 0.785. The van der Waals surface area contributed by atoms with Crippen LogP contribution in [0.5, 0.6) is 0 Å². The van der Waals surface area contributed by atoms with E-state index in [1.54, 1.807) is 7.11 Å². The third-order valence-electron chi connectivity index (χ3n) is 3.92. The zero-order valence-corrected chi connectivity index (χ0v) is 12.1. The number of carbonyl (C=O) groups excluding carboxylic acids is 1. The monoisotopic (exact) mass is 280 g/mol. The smallest absolute Gasteiger partial charge is 0.270 e. The van der Waals surface area contributed by atoms with Crippen LogP contribution in [0.1, 0.15) is 36.2 Å². The molecule has 1 saturated carbocycles. The van der Waals surface area contributed by atoms with Gasteiger partial charge in [0, 0.05) is 39.0 Å². The van der Waals surface area contributed by atoms with Crippen LogP contribution in [0.15, 0.2) is 18.3 Å². The van der Waals surface area contributed by atoms with E-state index in [0.717, 1.165) is 12.8 Å². The van der Waals surface area contributed by atoms with Gasteiger partial charge in [-0.2, -0.15) is 0 Å². The molecule has 0 atom stereocenters. The van der Waals surface area contributed by atoms with Gasteiger partial charge in [0.05, 0.1) is 6.61 Å². The second-order valence-electron chi connectivity index (χ2n) is 5.24. The van der Waals surface area contributed by atoms with Crippen molar-refractivity contribution in [2.24, 2.45) is 0 Å². The third kappa shape index (κ3) is 3.41. The molecule has 0 spiro atoms. The molecule has 0 bridgehead atoms. The number of amides is 1. The predicted octanol–water partition coefficient (Wildman–Crippen LogP) is 1.51. The van der Waals surface area contributed by atoms with E-state index >= 15 is 0 Å². The molecule has 0 unspecified atom stereocenters. The summed E-state index contributed by atoms with van der Waals surface area (Å²) in [5, 5.41) is 9.01. The van der Waals surface area contributed by atoms with Gasteiger partial charge in [0.25, 0.3) is 5.91 Å². The molecule has 1 aromatic heterocycles. The number of hydrogen-bond acceptors (Lipinski definition) is 3. The highest BCUT2D eigenvalue weighted by molar-refractivity contribution is 5.93. The second-order valence-corrected chi connectivity index (χ2v) is 5.24. The summed E-state index contributed by atoms with van der Waals surface area (Å²) >= 11 is 0. The number of methoxy groups -OCH3 is 1. The van der Waals surface area contributed by atoms with Gasteiger partial charge in [-0.3, -0.25) is 4.79 Å². The van der Waals surface area contributed by atoms with Crippen molar-refractivity contribution in [3.8, 4) is 0 Å². The van der Waals surface area contributed by atoms with E-state index in [9.17, 15) is 4.79 Å². The first-order valence-electron chi connectivity index (χ1n) is 7.34. The molecule has 20 heavy (non-hydrogen) atoms. The van der Waals surface area contributed by atoms with Gasteiger partial charge in [0.2, 0.25) is 0 Å². The second kappa shape index (κ2) is 7.45. The highest BCUT2D eigenvalue weighted by atomic mass is 16.5. The lowest BCUT2D eigenvalue weighted by molar-refractivity contribution is 0.0549. The zero-order valence-electron chi connectivity index (χ0n) is 12.1. The Balaban J connectivity index is 2.07. The van der Waals surface area contributed by atoms with Crippen LogP contribution in [0.2, 0.25) is 0 Å². The highest BCUT2D eigenvalue weighted by Crippen LogP contribution is 2.26. The minimum absolute atomic E-state index is 0.0734. The summed E-state index contributed by atoms with van der Waals surface area (Å²) in [5.74, 6) is 0.0734. The minimum atomic E-state index is 0.0734. The normalized spacial score (nSPS) is 15.1. The van der Waals surface area contributed by atoms with Crippen LogP contribution in [-0.2, 0) is 11.3 Å². The summed E-state index contributed by atoms with van der Waals surface area (Å²) in [5.41, 5.74) is 0.715. The fourth-order valence-electron chi connectivity index (χ4n) is 2.53. The lowest BCUT2D eigenvalue weighted by atomic mass is 9.91. The summed E-state index contributed by atoms with van der Waals surface area (Å²) in [6.45, 7) is 2.04. The molecule has 112 valence electrons. The number of aliphatic hydroxyl groups is 1. The first-order valence-corrected chi connectivity index (χ1v) is 7.34. The molecule has 0 aromatic carbocycles. The fraction of sp³-hybridized carbons (Fsp3) is 0.667. The number of rotatable bonds is 8. The molecule has 0 aliphatic heterocycles. The van der Waals surface area contributed by atoms with Gasteiger partial charge in [-0.05, 0) is 37.8 Å². The maximum Gasteiger partial charge on any atom is 0.270 e. The molecule has 1 N–H and O–H groups in total. The van der Waals surface area contributed by atoms with Gasteiger partial charge in [0.1, 0.15) is 5.69 Å². The fourth-order valence-corrected chi connectivity index (χ4v) is 2.53. The van der Waals surface area contributed by atoms with E-state index in [2.05, 4.69) is 0 Å². The Hall–Kier alpha value is -1.33. The number of carbonyl (C=O) groups is 1. The van der Waals surface area contributed by atoms with E-state index in [1.165, 1.54) is 6.42 Å². The maximum atomic E-state index is 12.7. The average molecular weight is 280 g/mol. The van der Waals surface area contributed by atoms with Crippen molar-refractivity contribution < 1.29 is 14.6 Å². The molecule has 0 radical (unpaired) electrons. The van der Waals surface area contributed by atoms with E-state index in [0.29, 0.717) is 37.9 Å². The molecule has 1 aliphatic carbocycles. The Bertz CT molecular complexity index is 427. The van der Waals surface area contributed by atoms with Crippen molar-refractivity contribution in [1.82, 2.24) is 9.47 Å². The van der Waals surface area contributed by atoms with E-state index in [4.69, 9.17) is 9.84 Å². The Labute approximate surface area is 120 Å². The first-order chi connectivity index (χ1) is 9.77. The molecule has 5 nitrogen and oxygen atoms in total. The van der Waals surface area contributed by atoms with Crippen molar-refractivity contribution in [1.29, 1.82) is 0 Å². The molecule has 1 fully saturated rings. The van der Waals surface area contributed by atoms with Crippen molar-refractivity contribution in [3.63, 3.8) is 0 Å². The standard InChI is InChI=1S/C15H24N2O3/c1-20-12-10-16-8-3-7-14(16)15(19)17(9-4-11-18)13-5-2-6-13/h3,7-8,13,18H,2,4-6,9-12H2,1H3. The third-order valence-corrected chi connectivity index (χ3v) is 3.92. The van der Waals surface area contributed by atoms with Crippen LogP contribution >= 0.6 is 0 Å². The van der Waals surface area contributed by atoms with Crippen LogP contribution in [-0.4, -0.2) is 53.4 Å². The van der Waals surface area contributed by atoms with Crippen LogP contribution < -0.4 is 0 Å². The summed E-state index contributed by atoms with van der Waals surface area (Å²) in [4.78, 5) is 14.6. The molecular formula is C15H24N2O3. The maximum absolute atomic E-state index is 12.7. The number of aliphatic hydroxyl groups excluding tert-OH is 1. The minimum Gasteiger partial charge on any atom is -0.396 e. The highest BCUT2D eigenvalue weighted by Gasteiger charge is 2.30. The van der Waals surface area contributed by atoms with Gasteiger partial charge < -0.3 is 19.3 Å². The Morgan fingerprint density at radius 2 is 2.35 bits per heavy atom. The molecule has 1 amide bonds. The number of ether oxygens (including phenoxy) is 1. The van der Waals surface area contributed by atoms with Crippen molar-refractivity contribution in [3.05, 3.63) is 24.0 Å². The Morgan fingerprint density at radius 3 is 2.95 bits per heavy atom. The molecule has 5 heteroatoms. The van der Waals surface area contributed by atoms with E-state index in [-0.39, 0.29) is 12.5 Å². The van der Waals surface area contributed by atoms with Gasteiger partial charge in [0.15, 0.2) is 0 Å². The summed E-state index contributed by atoms with van der Waals surface area (Å²) < 4.78 is 7.02. The van der Waals surface area contributed by atoms with Gasteiger partial charge in [-0.1, -0.05) is 0 Å². The SMILES string of the molecule is COCCn1cccc1C(=O)N(CCCO)C1CCC1. The molecule has 1 aliphatic rings. The molecule has 0 saturated heterocycles. The number of hydrogen-bond donors (Lipinski definition) is 1. The molecule has 1 aromatic rings. The summed E-state index contributed by atoms with van der Waals surface area (Å²) in [7, 11) is 1.66. The first kappa shape index (κ1) is 15.1. The summed E-state index contributed by atoms with van der Waals surface area (Å²) in [6.07, 6.45) is 5.91.